The topological polar surface area (TPSA) is 32.3 Å². The highest BCUT2D eigenvalue weighted by atomic mass is 35.5. The summed E-state index contributed by atoms with van der Waals surface area (Å²) in [6, 6.07) is 14.2. The van der Waals surface area contributed by atoms with Gasteiger partial charge in [-0.2, -0.15) is 0 Å². The summed E-state index contributed by atoms with van der Waals surface area (Å²) in [7, 11) is 0. The molecule has 1 unspecified atom stereocenters. The van der Waals surface area contributed by atoms with Gasteiger partial charge < -0.3 is 5.32 Å². The van der Waals surface area contributed by atoms with Crippen molar-refractivity contribution in [2.24, 2.45) is 0 Å². The number of aryl methyl sites for hydroxylation is 2. The van der Waals surface area contributed by atoms with Crippen LogP contribution < -0.4 is 5.32 Å². The Morgan fingerprint density at radius 1 is 1.25 bits per heavy atom. The highest BCUT2D eigenvalue weighted by molar-refractivity contribution is 6.31. The number of hydrogen-bond acceptors (Lipinski definition) is 2. The van der Waals surface area contributed by atoms with Gasteiger partial charge in [0.2, 0.25) is 5.91 Å². The van der Waals surface area contributed by atoms with E-state index >= 15 is 0 Å². The fourth-order valence-corrected chi connectivity index (χ4v) is 3.70. The van der Waals surface area contributed by atoms with Crippen molar-refractivity contribution in [2.45, 2.75) is 32.7 Å². The zero-order valence-electron chi connectivity index (χ0n) is 14.2. The Labute approximate surface area is 148 Å². The second kappa shape index (κ2) is 7.37. The lowest BCUT2D eigenvalue weighted by Crippen LogP contribution is -2.33. The molecule has 0 radical (unpaired) electrons. The molecule has 0 saturated carbocycles. The Hall–Kier alpha value is -1.84. The molecule has 1 aliphatic rings. The maximum absolute atomic E-state index is 12.5. The van der Waals surface area contributed by atoms with E-state index in [-0.39, 0.29) is 11.9 Å². The van der Waals surface area contributed by atoms with E-state index in [4.69, 9.17) is 11.6 Å². The van der Waals surface area contributed by atoms with Crippen LogP contribution >= 0.6 is 11.6 Å². The molecule has 1 amide bonds. The van der Waals surface area contributed by atoms with Crippen molar-refractivity contribution < 1.29 is 4.79 Å². The molecule has 126 valence electrons. The van der Waals surface area contributed by atoms with Crippen molar-refractivity contribution >= 4 is 23.2 Å². The van der Waals surface area contributed by atoms with Crippen LogP contribution in [-0.2, 0) is 4.79 Å². The standard InChI is InChI=1S/C20H23ClN2O/c1-14-9-10-18(15(2)12-14)22-20(24)13-23-11-5-8-19(23)16-6-3-4-7-17(16)21/h3-4,6-7,9-10,12,19H,5,8,11,13H2,1-2H3,(H,22,24). The van der Waals surface area contributed by atoms with E-state index in [1.54, 1.807) is 0 Å². The molecule has 4 heteroatoms. The van der Waals surface area contributed by atoms with Gasteiger partial charge in [-0.15, -0.1) is 0 Å². The van der Waals surface area contributed by atoms with E-state index < -0.39 is 0 Å². The molecule has 1 aliphatic heterocycles. The van der Waals surface area contributed by atoms with Gasteiger partial charge in [-0.25, -0.2) is 0 Å². The van der Waals surface area contributed by atoms with Crippen LogP contribution in [0.2, 0.25) is 5.02 Å². The van der Waals surface area contributed by atoms with Crippen LogP contribution in [0.4, 0.5) is 5.69 Å². The molecular weight excluding hydrogens is 320 g/mol. The third-order valence-electron chi connectivity index (χ3n) is 4.63. The van der Waals surface area contributed by atoms with Crippen LogP contribution in [0.25, 0.3) is 0 Å². The van der Waals surface area contributed by atoms with Crippen LogP contribution in [0.15, 0.2) is 42.5 Å². The van der Waals surface area contributed by atoms with Crippen molar-refractivity contribution in [2.75, 3.05) is 18.4 Å². The van der Waals surface area contributed by atoms with Gasteiger partial charge in [0, 0.05) is 16.8 Å². The van der Waals surface area contributed by atoms with Gasteiger partial charge in [0.05, 0.1) is 6.54 Å². The van der Waals surface area contributed by atoms with Gasteiger partial charge in [0.15, 0.2) is 0 Å². The minimum Gasteiger partial charge on any atom is -0.325 e. The average Bonchev–Trinajstić information content (AvgIpc) is 2.98. The monoisotopic (exact) mass is 342 g/mol. The number of halogens is 1. The maximum atomic E-state index is 12.5. The van der Waals surface area contributed by atoms with Gasteiger partial charge in [0.25, 0.3) is 0 Å². The van der Waals surface area contributed by atoms with Crippen LogP contribution in [-0.4, -0.2) is 23.9 Å². The first-order chi connectivity index (χ1) is 11.5. The number of carbonyl (C=O) groups excluding carboxylic acids is 1. The first-order valence-electron chi connectivity index (χ1n) is 8.40. The molecule has 1 atom stereocenters. The molecular formula is C20H23ClN2O. The molecule has 0 spiro atoms. The lowest BCUT2D eigenvalue weighted by Gasteiger charge is -2.25. The molecule has 1 fully saturated rings. The molecule has 0 aromatic heterocycles. The fourth-order valence-electron chi connectivity index (χ4n) is 3.44. The number of benzene rings is 2. The maximum Gasteiger partial charge on any atom is 0.238 e. The molecule has 1 heterocycles. The van der Waals surface area contributed by atoms with E-state index in [0.29, 0.717) is 6.54 Å². The van der Waals surface area contributed by atoms with Gasteiger partial charge in [-0.1, -0.05) is 47.5 Å². The van der Waals surface area contributed by atoms with E-state index in [1.165, 1.54) is 5.56 Å². The number of rotatable bonds is 4. The van der Waals surface area contributed by atoms with E-state index in [0.717, 1.165) is 41.2 Å². The predicted octanol–water partition coefficient (Wildman–Crippen LogP) is 4.73. The Balaban J connectivity index is 1.68. The Morgan fingerprint density at radius 2 is 2.04 bits per heavy atom. The summed E-state index contributed by atoms with van der Waals surface area (Å²) in [6.07, 6.45) is 2.13. The first-order valence-corrected chi connectivity index (χ1v) is 8.78. The number of amides is 1. The van der Waals surface area contributed by atoms with E-state index in [1.807, 2.05) is 37.3 Å². The number of likely N-dealkylation sites (tertiary alicyclic amines) is 1. The normalized spacial score (nSPS) is 17.9. The van der Waals surface area contributed by atoms with E-state index in [2.05, 4.69) is 29.3 Å². The van der Waals surface area contributed by atoms with Crippen molar-refractivity contribution in [3.63, 3.8) is 0 Å². The van der Waals surface area contributed by atoms with Gasteiger partial charge in [-0.05, 0) is 56.5 Å². The zero-order valence-corrected chi connectivity index (χ0v) is 14.9. The molecule has 0 aliphatic carbocycles. The third kappa shape index (κ3) is 3.80. The van der Waals surface area contributed by atoms with Crippen LogP contribution in [0.3, 0.4) is 0 Å². The highest BCUT2D eigenvalue weighted by Crippen LogP contribution is 2.35. The lowest BCUT2D eigenvalue weighted by atomic mass is 10.0. The van der Waals surface area contributed by atoms with Gasteiger partial charge >= 0.3 is 0 Å². The first kappa shape index (κ1) is 17.0. The zero-order chi connectivity index (χ0) is 17.1. The van der Waals surface area contributed by atoms with Crippen LogP contribution in [0.5, 0.6) is 0 Å². The smallest absolute Gasteiger partial charge is 0.238 e. The Bertz CT molecular complexity index is 744. The number of anilines is 1. The molecule has 2 aromatic carbocycles. The van der Waals surface area contributed by atoms with Crippen LogP contribution in [0, 0.1) is 13.8 Å². The summed E-state index contributed by atoms with van der Waals surface area (Å²) >= 11 is 6.34. The van der Waals surface area contributed by atoms with Gasteiger partial charge in [-0.3, -0.25) is 9.69 Å². The summed E-state index contributed by atoms with van der Waals surface area (Å²) in [5.74, 6) is 0.0286. The number of nitrogens with zero attached hydrogens (tertiary/aromatic N) is 1. The minimum absolute atomic E-state index is 0.0286. The van der Waals surface area contributed by atoms with E-state index in [9.17, 15) is 4.79 Å². The molecule has 3 rings (SSSR count). The molecule has 2 aromatic rings. The van der Waals surface area contributed by atoms with Crippen molar-refractivity contribution in [3.8, 4) is 0 Å². The predicted molar refractivity (Wildman–Crippen MR) is 99.5 cm³/mol. The third-order valence-corrected chi connectivity index (χ3v) is 4.97. The van der Waals surface area contributed by atoms with Crippen molar-refractivity contribution in [1.82, 2.24) is 4.90 Å². The quantitative estimate of drug-likeness (QED) is 0.871. The second-order valence-corrected chi connectivity index (χ2v) is 6.92. The Kier molecular flexibility index (Phi) is 5.22. The summed E-state index contributed by atoms with van der Waals surface area (Å²) < 4.78 is 0. The minimum atomic E-state index is 0.0286. The lowest BCUT2D eigenvalue weighted by molar-refractivity contribution is -0.117. The molecule has 1 N–H and O–H groups in total. The second-order valence-electron chi connectivity index (χ2n) is 6.52. The summed E-state index contributed by atoms with van der Waals surface area (Å²) in [6.45, 7) is 5.39. The van der Waals surface area contributed by atoms with Crippen molar-refractivity contribution in [3.05, 3.63) is 64.2 Å². The van der Waals surface area contributed by atoms with Crippen LogP contribution in [0.1, 0.15) is 35.6 Å². The number of hydrogen-bond donors (Lipinski definition) is 1. The number of nitrogens with one attached hydrogen (secondary N) is 1. The molecule has 1 saturated heterocycles. The average molecular weight is 343 g/mol. The molecule has 24 heavy (non-hydrogen) atoms. The van der Waals surface area contributed by atoms with Crippen molar-refractivity contribution in [1.29, 1.82) is 0 Å². The summed E-state index contributed by atoms with van der Waals surface area (Å²) in [5, 5.41) is 3.82. The Morgan fingerprint density at radius 3 is 2.79 bits per heavy atom. The summed E-state index contributed by atoms with van der Waals surface area (Å²) in [5.41, 5.74) is 4.30. The SMILES string of the molecule is Cc1ccc(NC(=O)CN2CCCC2c2ccccc2Cl)c(C)c1. The molecule has 0 bridgehead atoms. The fraction of sp³-hybridized carbons (Fsp3) is 0.350. The highest BCUT2D eigenvalue weighted by Gasteiger charge is 2.28. The summed E-state index contributed by atoms with van der Waals surface area (Å²) in [4.78, 5) is 14.7. The van der Waals surface area contributed by atoms with Gasteiger partial charge in [0.1, 0.15) is 0 Å². The molecule has 3 nitrogen and oxygen atoms in total. The number of carbonyl (C=O) groups is 1. The largest absolute Gasteiger partial charge is 0.325 e.